The van der Waals surface area contributed by atoms with Crippen molar-refractivity contribution in [1.29, 1.82) is 0 Å². The summed E-state index contributed by atoms with van der Waals surface area (Å²) in [5, 5.41) is 11.1. The van der Waals surface area contributed by atoms with Crippen molar-refractivity contribution >= 4 is 5.97 Å². The second kappa shape index (κ2) is 8.17. The quantitative estimate of drug-likeness (QED) is 0.609. The van der Waals surface area contributed by atoms with Crippen molar-refractivity contribution < 1.29 is 27.4 Å². The van der Waals surface area contributed by atoms with Gasteiger partial charge in [-0.05, 0) is 18.1 Å². The van der Waals surface area contributed by atoms with Gasteiger partial charge < -0.3 is 9.47 Å². The monoisotopic (exact) mass is 423 g/mol. The van der Waals surface area contributed by atoms with Crippen LogP contribution in [0.3, 0.4) is 0 Å². The Hall–Kier alpha value is -3.37. The maximum atomic E-state index is 12.9. The molecule has 0 aliphatic carbocycles. The Morgan fingerprint density at radius 1 is 1.23 bits per heavy atom. The fourth-order valence-corrected chi connectivity index (χ4v) is 2.90. The number of alkyl halides is 3. The number of esters is 1. The number of rotatable bonds is 6. The molecule has 0 fully saturated rings. The van der Waals surface area contributed by atoms with E-state index < -0.39 is 23.8 Å². The van der Waals surface area contributed by atoms with Crippen LogP contribution in [0, 0.1) is 0 Å². The summed E-state index contributed by atoms with van der Waals surface area (Å²) >= 11 is 0. The number of hydrogen-bond acceptors (Lipinski definition) is 6. The summed E-state index contributed by atoms with van der Waals surface area (Å²) in [6.07, 6.45) is -3.12. The molecule has 3 aromatic heterocycles. The van der Waals surface area contributed by atoms with Gasteiger partial charge in [-0.2, -0.15) is 18.3 Å². The molecule has 3 aromatic rings. The van der Waals surface area contributed by atoms with E-state index in [0.717, 1.165) is 18.0 Å². The predicted octanol–water partition coefficient (Wildman–Crippen LogP) is 3.64. The number of aryl methyl sites for hydroxylation is 1. The molecule has 0 saturated carbocycles. The van der Waals surface area contributed by atoms with Crippen LogP contribution in [0.15, 0.2) is 30.6 Å². The van der Waals surface area contributed by atoms with Crippen molar-refractivity contribution in [2.45, 2.75) is 32.0 Å². The van der Waals surface area contributed by atoms with E-state index >= 15 is 0 Å². The van der Waals surface area contributed by atoms with Gasteiger partial charge in [-0.25, -0.2) is 4.79 Å². The minimum Gasteiger partial charge on any atom is -0.464 e. The Morgan fingerprint density at radius 2 is 1.97 bits per heavy atom. The number of carbonyl (C=O) groups is 1. The molecule has 0 saturated heterocycles. The molecule has 0 aliphatic heterocycles. The van der Waals surface area contributed by atoms with Crippen molar-refractivity contribution in [1.82, 2.24) is 25.0 Å². The van der Waals surface area contributed by atoms with Crippen LogP contribution < -0.4 is 4.74 Å². The molecule has 8 nitrogen and oxygen atoms in total. The van der Waals surface area contributed by atoms with Crippen LogP contribution in [0.2, 0.25) is 0 Å². The Bertz CT molecular complexity index is 1020. The molecule has 11 heteroatoms. The third-order valence-corrected chi connectivity index (χ3v) is 4.43. The zero-order valence-corrected chi connectivity index (χ0v) is 16.7. The molecule has 3 heterocycles. The zero-order valence-electron chi connectivity index (χ0n) is 16.7. The molecule has 1 atom stereocenters. The molecule has 0 amide bonds. The van der Waals surface area contributed by atoms with Gasteiger partial charge in [0.25, 0.3) is 0 Å². The summed E-state index contributed by atoms with van der Waals surface area (Å²) in [6, 6.07) is 3.57. The number of methoxy groups -OCH3 is 1. The summed E-state index contributed by atoms with van der Waals surface area (Å²) in [5.41, 5.74) is 0.861. The van der Waals surface area contributed by atoms with Crippen LogP contribution >= 0.6 is 0 Å². The van der Waals surface area contributed by atoms with Gasteiger partial charge in [-0.15, -0.1) is 5.10 Å². The molecular formula is C19H20F3N5O3. The number of halogens is 3. The van der Waals surface area contributed by atoms with Crippen molar-refractivity contribution in [3.8, 4) is 5.88 Å². The Labute approximate surface area is 170 Å². The van der Waals surface area contributed by atoms with Crippen molar-refractivity contribution in [3.63, 3.8) is 0 Å². The number of ether oxygens (including phenoxy) is 2. The minimum atomic E-state index is -4.50. The van der Waals surface area contributed by atoms with Gasteiger partial charge in [0, 0.05) is 30.6 Å². The van der Waals surface area contributed by atoms with Crippen molar-refractivity contribution in [2.24, 2.45) is 7.05 Å². The van der Waals surface area contributed by atoms with E-state index in [2.05, 4.69) is 20.3 Å². The van der Waals surface area contributed by atoms with Gasteiger partial charge in [0.05, 0.1) is 24.6 Å². The zero-order chi connectivity index (χ0) is 22.1. The summed E-state index contributed by atoms with van der Waals surface area (Å²) in [4.78, 5) is 15.8. The first-order valence-electron chi connectivity index (χ1n) is 8.97. The molecule has 0 bridgehead atoms. The van der Waals surface area contributed by atoms with Crippen molar-refractivity contribution in [3.05, 3.63) is 58.8 Å². The average molecular weight is 423 g/mol. The number of pyridine rings is 1. The first-order valence-corrected chi connectivity index (χ1v) is 8.97. The minimum absolute atomic E-state index is 0.0393. The standard InChI is InChI=1S/C19H20F3N5O3/c1-10(2)16-12(9-24-25-16)17(13-6-5-11(8-23-13)19(20,21)22)30-15-7-14(18(28)29-4)27(3)26-15/h5-10,17H,1-4H3,(H,24,25). The lowest BCUT2D eigenvalue weighted by atomic mass is 10.00. The predicted molar refractivity (Wildman–Crippen MR) is 98.9 cm³/mol. The van der Waals surface area contributed by atoms with E-state index in [9.17, 15) is 18.0 Å². The maximum Gasteiger partial charge on any atom is 0.417 e. The highest BCUT2D eigenvalue weighted by Crippen LogP contribution is 2.33. The molecular weight excluding hydrogens is 403 g/mol. The second-order valence-corrected chi connectivity index (χ2v) is 6.84. The van der Waals surface area contributed by atoms with Gasteiger partial charge in [0.2, 0.25) is 5.88 Å². The molecule has 30 heavy (non-hydrogen) atoms. The largest absolute Gasteiger partial charge is 0.464 e. The third-order valence-electron chi connectivity index (χ3n) is 4.43. The van der Waals surface area contributed by atoms with E-state index in [4.69, 9.17) is 9.47 Å². The average Bonchev–Trinajstić information content (AvgIpc) is 3.31. The fraction of sp³-hybridized carbons (Fsp3) is 0.368. The highest BCUT2D eigenvalue weighted by Gasteiger charge is 2.32. The lowest BCUT2D eigenvalue weighted by molar-refractivity contribution is -0.137. The molecule has 1 N–H and O–H groups in total. The lowest BCUT2D eigenvalue weighted by Crippen LogP contribution is -2.15. The van der Waals surface area contributed by atoms with E-state index in [1.165, 1.54) is 30.1 Å². The molecule has 0 spiro atoms. The highest BCUT2D eigenvalue weighted by molar-refractivity contribution is 5.87. The van der Waals surface area contributed by atoms with E-state index in [1.54, 1.807) is 7.05 Å². The topological polar surface area (TPSA) is 94.9 Å². The Morgan fingerprint density at radius 3 is 2.53 bits per heavy atom. The van der Waals surface area contributed by atoms with Gasteiger partial charge in [-0.1, -0.05) is 13.8 Å². The molecule has 160 valence electrons. The summed E-state index contributed by atoms with van der Waals surface area (Å²) in [7, 11) is 2.78. The van der Waals surface area contributed by atoms with Gasteiger partial charge in [0.15, 0.2) is 6.10 Å². The lowest BCUT2D eigenvalue weighted by Gasteiger charge is -2.19. The number of hydrogen-bond donors (Lipinski definition) is 1. The maximum absolute atomic E-state index is 12.9. The number of H-pyrrole nitrogens is 1. The van der Waals surface area contributed by atoms with Crippen molar-refractivity contribution in [2.75, 3.05) is 7.11 Å². The van der Waals surface area contributed by atoms with Crippen LogP contribution in [0.1, 0.15) is 58.9 Å². The van der Waals surface area contributed by atoms with E-state index in [1.807, 2.05) is 13.8 Å². The van der Waals surface area contributed by atoms with Gasteiger partial charge in [-0.3, -0.25) is 14.8 Å². The summed E-state index contributed by atoms with van der Waals surface area (Å²) in [5.74, 6) is -0.479. The Balaban J connectivity index is 2.03. The molecule has 0 radical (unpaired) electrons. The van der Waals surface area contributed by atoms with E-state index in [-0.39, 0.29) is 23.2 Å². The third kappa shape index (κ3) is 4.29. The molecule has 0 aliphatic rings. The highest BCUT2D eigenvalue weighted by atomic mass is 19.4. The van der Waals surface area contributed by atoms with Crippen LogP contribution in [0.4, 0.5) is 13.2 Å². The number of aromatic nitrogens is 5. The number of nitrogens with zero attached hydrogens (tertiary/aromatic N) is 4. The van der Waals surface area contributed by atoms with E-state index in [0.29, 0.717) is 5.56 Å². The first-order chi connectivity index (χ1) is 14.1. The van der Waals surface area contributed by atoms with Crippen LogP contribution in [0.25, 0.3) is 0 Å². The molecule has 3 rings (SSSR count). The summed E-state index contributed by atoms with van der Waals surface area (Å²) in [6.45, 7) is 3.87. The van der Waals surface area contributed by atoms with Gasteiger partial charge in [0.1, 0.15) is 5.69 Å². The Kier molecular flexibility index (Phi) is 5.81. The number of carbonyl (C=O) groups excluding carboxylic acids is 1. The SMILES string of the molecule is COC(=O)c1cc(OC(c2ccc(C(F)(F)F)cn2)c2cn[nH]c2C(C)C)nn1C. The second-order valence-electron chi connectivity index (χ2n) is 6.84. The molecule has 0 aromatic carbocycles. The molecule has 1 unspecified atom stereocenters. The van der Waals surface area contributed by atoms with Crippen LogP contribution in [-0.2, 0) is 18.0 Å². The number of nitrogens with one attached hydrogen (secondary N) is 1. The fourth-order valence-electron chi connectivity index (χ4n) is 2.90. The first kappa shape index (κ1) is 21.3. The van der Waals surface area contributed by atoms with Crippen LogP contribution in [0.5, 0.6) is 5.88 Å². The van der Waals surface area contributed by atoms with Crippen LogP contribution in [-0.4, -0.2) is 38.0 Å². The normalized spacial score (nSPS) is 12.8. The number of aromatic amines is 1. The smallest absolute Gasteiger partial charge is 0.417 e. The summed E-state index contributed by atoms with van der Waals surface area (Å²) < 4.78 is 50.7. The van der Waals surface area contributed by atoms with Gasteiger partial charge >= 0.3 is 12.1 Å².